The third-order valence-corrected chi connectivity index (χ3v) is 4.88. The van der Waals surface area contributed by atoms with Gasteiger partial charge in [-0.25, -0.2) is 0 Å². The lowest BCUT2D eigenvalue weighted by atomic mass is 9.75. The second-order valence-corrected chi connectivity index (χ2v) is 7.62. The van der Waals surface area contributed by atoms with Crippen LogP contribution in [-0.4, -0.2) is 5.97 Å². The minimum atomic E-state index is -0.249. The smallest absolute Gasteiger partial charge is 0.312 e. The van der Waals surface area contributed by atoms with Gasteiger partial charge in [0.15, 0.2) is 0 Å². The molecule has 0 saturated carbocycles. The minimum absolute atomic E-state index is 0.175. The SMILES string of the molecule is CC(C)=CCC[C@@](C)(CC(=O)Oc1c(C)cccc1C)c1ccccc1. The predicted molar refractivity (Wildman–Crippen MR) is 109 cm³/mol. The van der Waals surface area contributed by atoms with Gasteiger partial charge in [-0.15, -0.1) is 0 Å². The molecule has 0 heterocycles. The van der Waals surface area contributed by atoms with Crippen LogP contribution in [0.4, 0.5) is 0 Å². The molecule has 0 bridgehead atoms. The Bertz CT molecular complexity index is 750. The zero-order chi connectivity index (χ0) is 19.2. The van der Waals surface area contributed by atoms with Crippen molar-refractivity contribution in [2.75, 3.05) is 0 Å². The molecule has 0 radical (unpaired) electrons. The van der Waals surface area contributed by atoms with Crippen molar-refractivity contribution in [2.24, 2.45) is 0 Å². The summed E-state index contributed by atoms with van der Waals surface area (Å²) in [6.45, 7) is 10.3. The summed E-state index contributed by atoms with van der Waals surface area (Å²) in [7, 11) is 0. The minimum Gasteiger partial charge on any atom is -0.426 e. The zero-order valence-electron chi connectivity index (χ0n) is 16.6. The molecule has 0 unspecified atom stereocenters. The summed E-state index contributed by atoms with van der Waals surface area (Å²) in [5.41, 5.74) is 4.22. The van der Waals surface area contributed by atoms with Crippen LogP contribution >= 0.6 is 0 Å². The van der Waals surface area contributed by atoms with Gasteiger partial charge in [0.2, 0.25) is 0 Å². The number of rotatable bonds is 7. The van der Waals surface area contributed by atoms with Crippen molar-refractivity contribution >= 4 is 5.97 Å². The lowest BCUT2D eigenvalue weighted by Gasteiger charge is -2.29. The summed E-state index contributed by atoms with van der Waals surface area (Å²) in [6, 6.07) is 16.2. The molecule has 0 fully saturated rings. The van der Waals surface area contributed by atoms with E-state index >= 15 is 0 Å². The van der Waals surface area contributed by atoms with Crippen LogP contribution in [0.2, 0.25) is 0 Å². The van der Waals surface area contributed by atoms with Crippen LogP contribution in [0.25, 0.3) is 0 Å². The normalized spacial score (nSPS) is 13.0. The Kier molecular flexibility index (Phi) is 6.79. The number of hydrogen-bond acceptors (Lipinski definition) is 2. The van der Waals surface area contributed by atoms with Crippen molar-refractivity contribution in [3.05, 3.63) is 76.9 Å². The number of benzene rings is 2. The molecule has 2 rings (SSSR count). The first-order valence-electron chi connectivity index (χ1n) is 9.27. The van der Waals surface area contributed by atoms with Crippen LogP contribution in [0.3, 0.4) is 0 Å². The van der Waals surface area contributed by atoms with Gasteiger partial charge in [0.05, 0.1) is 6.42 Å². The van der Waals surface area contributed by atoms with E-state index in [1.165, 1.54) is 11.1 Å². The standard InChI is InChI=1S/C24H30O2/c1-18(2)11-10-16-24(5,21-14-7-6-8-15-21)17-22(25)26-23-19(3)12-9-13-20(23)4/h6-9,11-15H,10,16-17H2,1-5H3/t24-/m0/s1. The van der Waals surface area contributed by atoms with Gasteiger partial charge < -0.3 is 4.74 Å². The van der Waals surface area contributed by atoms with Crippen molar-refractivity contribution in [1.29, 1.82) is 0 Å². The van der Waals surface area contributed by atoms with Crippen LogP contribution in [-0.2, 0) is 10.2 Å². The second kappa shape index (κ2) is 8.84. The van der Waals surface area contributed by atoms with E-state index in [4.69, 9.17) is 4.74 Å². The first-order chi connectivity index (χ1) is 12.3. The molecule has 0 aliphatic carbocycles. The number of carbonyl (C=O) groups excluding carboxylic acids is 1. The molecule has 0 saturated heterocycles. The average molecular weight is 351 g/mol. The third-order valence-electron chi connectivity index (χ3n) is 4.88. The van der Waals surface area contributed by atoms with Gasteiger partial charge >= 0.3 is 5.97 Å². The lowest BCUT2D eigenvalue weighted by Crippen LogP contribution is -2.28. The fourth-order valence-corrected chi connectivity index (χ4v) is 3.28. The maximum absolute atomic E-state index is 12.8. The van der Waals surface area contributed by atoms with E-state index < -0.39 is 0 Å². The van der Waals surface area contributed by atoms with E-state index in [1.807, 2.05) is 50.2 Å². The number of allylic oxidation sites excluding steroid dienone is 2. The van der Waals surface area contributed by atoms with Crippen molar-refractivity contribution in [1.82, 2.24) is 0 Å². The van der Waals surface area contributed by atoms with Gasteiger partial charge in [-0.1, -0.05) is 67.1 Å². The Hall–Kier alpha value is -2.35. The van der Waals surface area contributed by atoms with Crippen molar-refractivity contribution in [3.63, 3.8) is 0 Å². The molecule has 0 aliphatic rings. The summed E-state index contributed by atoms with van der Waals surface area (Å²) in [4.78, 5) is 12.8. The zero-order valence-corrected chi connectivity index (χ0v) is 16.6. The maximum atomic E-state index is 12.8. The van der Waals surface area contributed by atoms with Crippen molar-refractivity contribution in [2.45, 2.75) is 59.3 Å². The number of aryl methyl sites for hydroxylation is 2. The van der Waals surface area contributed by atoms with Gasteiger partial charge in [-0.05, 0) is 57.2 Å². The van der Waals surface area contributed by atoms with E-state index in [0.29, 0.717) is 12.2 Å². The third kappa shape index (κ3) is 5.32. The van der Waals surface area contributed by atoms with Crippen LogP contribution in [0, 0.1) is 13.8 Å². The highest BCUT2D eigenvalue weighted by Gasteiger charge is 2.30. The molecule has 2 aromatic rings. The fraction of sp³-hybridized carbons (Fsp3) is 0.375. The van der Waals surface area contributed by atoms with Crippen LogP contribution < -0.4 is 4.74 Å². The van der Waals surface area contributed by atoms with E-state index in [1.54, 1.807) is 0 Å². The monoisotopic (exact) mass is 350 g/mol. The Morgan fingerprint density at radius 3 is 2.19 bits per heavy atom. The molecular formula is C24H30O2. The highest BCUT2D eigenvalue weighted by Crippen LogP contribution is 2.34. The Labute approximate surface area is 157 Å². The summed E-state index contributed by atoms with van der Waals surface area (Å²) in [6.07, 6.45) is 4.45. The summed E-state index contributed by atoms with van der Waals surface area (Å²) >= 11 is 0. The highest BCUT2D eigenvalue weighted by molar-refractivity contribution is 5.75. The quantitative estimate of drug-likeness (QED) is 0.332. The summed E-state index contributed by atoms with van der Waals surface area (Å²) in [5.74, 6) is 0.517. The molecule has 0 aromatic heterocycles. The van der Waals surface area contributed by atoms with Crippen molar-refractivity contribution in [3.8, 4) is 5.75 Å². The van der Waals surface area contributed by atoms with E-state index in [9.17, 15) is 4.79 Å². The summed E-state index contributed by atoms with van der Waals surface area (Å²) in [5, 5.41) is 0. The van der Waals surface area contributed by atoms with E-state index in [0.717, 1.165) is 24.0 Å². The number of para-hydroxylation sites is 1. The Balaban J connectivity index is 2.20. The van der Waals surface area contributed by atoms with E-state index in [-0.39, 0.29) is 11.4 Å². The molecule has 0 amide bonds. The topological polar surface area (TPSA) is 26.3 Å². The number of hydrogen-bond donors (Lipinski definition) is 0. The van der Waals surface area contributed by atoms with Gasteiger partial charge in [-0.3, -0.25) is 4.79 Å². The molecule has 2 aromatic carbocycles. The average Bonchev–Trinajstić information content (AvgIpc) is 2.59. The first kappa shape index (κ1) is 20.0. The molecule has 0 aliphatic heterocycles. The number of ether oxygens (including phenoxy) is 1. The summed E-state index contributed by atoms with van der Waals surface area (Å²) < 4.78 is 5.77. The predicted octanol–water partition coefficient (Wildman–Crippen LogP) is 6.30. The molecule has 138 valence electrons. The molecular weight excluding hydrogens is 320 g/mol. The molecule has 0 N–H and O–H groups in total. The molecule has 1 atom stereocenters. The van der Waals surface area contributed by atoms with Gasteiger partial charge in [0.25, 0.3) is 0 Å². The fourth-order valence-electron chi connectivity index (χ4n) is 3.28. The molecule has 2 nitrogen and oxygen atoms in total. The van der Waals surface area contributed by atoms with Crippen LogP contribution in [0.5, 0.6) is 5.75 Å². The first-order valence-corrected chi connectivity index (χ1v) is 9.27. The van der Waals surface area contributed by atoms with Gasteiger partial charge in [0.1, 0.15) is 5.75 Å². The Morgan fingerprint density at radius 2 is 1.62 bits per heavy atom. The van der Waals surface area contributed by atoms with Crippen molar-refractivity contribution < 1.29 is 9.53 Å². The number of esters is 1. The molecule has 2 heteroatoms. The second-order valence-electron chi connectivity index (χ2n) is 7.62. The van der Waals surface area contributed by atoms with Crippen LogP contribution in [0.1, 0.15) is 56.7 Å². The van der Waals surface area contributed by atoms with Gasteiger partial charge in [-0.2, -0.15) is 0 Å². The largest absolute Gasteiger partial charge is 0.426 e. The van der Waals surface area contributed by atoms with Crippen LogP contribution in [0.15, 0.2) is 60.2 Å². The lowest BCUT2D eigenvalue weighted by molar-refractivity contribution is -0.135. The van der Waals surface area contributed by atoms with Gasteiger partial charge in [0, 0.05) is 5.41 Å². The molecule has 0 spiro atoms. The Morgan fingerprint density at radius 1 is 1.00 bits per heavy atom. The number of carbonyl (C=O) groups is 1. The molecule has 26 heavy (non-hydrogen) atoms. The highest BCUT2D eigenvalue weighted by atomic mass is 16.5. The maximum Gasteiger partial charge on any atom is 0.312 e. The van der Waals surface area contributed by atoms with E-state index in [2.05, 4.69) is 39.0 Å².